The van der Waals surface area contributed by atoms with Gasteiger partial charge in [0.25, 0.3) is 0 Å². The van der Waals surface area contributed by atoms with Crippen molar-refractivity contribution in [3.63, 3.8) is 0 Å². The van der Waals surface area contributed by atoms with Crippen LogP contribution in [0.25, 0.3) is 0 Å². The second-order valence-corrected chi connectivity index (χ2v) is 6.39. The summed E-state index contributed by atoms with van der Waals surface area (Å²) in [6.45, 7) is 5.02. The number of rotatable bonds is 5. The van der Waals surface area contributed by atoms with Crippen LogP contribution in [0.4, 0.5) is 11.6 Å². The van der Waals surface area contributed by atoms with Crippen LogP contribution in [0, 0.1) is 12.8 Å². The molecule has 5 nitrogen and oxygen atoms in total. The number of nitrogens with zero attached hydrogens (tertiary/aromatic N) is 4. The highest BCUT2D eigenvalue weighted by Crippen LogP contribution is 2.23. The van der Waals surface area contributed by atoms with Crippen LogP contribution in [0.1, 0.15) is 12.1 Å². The van der Waals surface area contributed by atoms with E-state index in [1.807, 2.05) is 43.8 Å². The fourth-order valence-electron chi connectivity index (χ4n) is 2.69. The zero-order valence-corrected chi connectivity index (χ0v) is 13.8. The van der Waals surface area contributed by atoms with Gasteiger partial charge >= 0.3 is 0 Å². The Kier molecular flexibility index (Phi) is 4.77. The molecule has 0 aliphatic carbocycles. The molecule has 0 saturated carbocycles. The first kappa shape index (κ1) is 15.1. The van der Waals surface area contributed by atoms with E-state index in [1.54, 1.807) is 11.8 Å². The molecule has 116 valence electrons. The van der Waals surface area contributed by atoms with Crippen molar-refractivity contribution in [1.29, 1.82) is 0 Å². The number of hydrogen-bond acceptors (Lipinski definition) is 6. The lowest BCUT2D eigenvalue weighted by Crippen LogP contribution is -2.23. The summed E-state index contributed by atoms with van der Waals surface area (Å²) in [5.41, 5.74) is 1.04. The highest BCUT2D eigenvalue weighted by Gasteiger charge is 2.23. The van der Waals surface area contributed by atoms with Crippen LogP contribution >= 0.6 is 11.8 Å². The van der Waals surface area contributed by atoms with Crippen molar-refractivity contribution in [3.8, 4) is 0 Å². The van der Waals surface area contributed by atoms with Gasteiger partial charge in [-0.05, 0) is 37.7 Å². The summed E-state index contributed by atoms with van der Waals surface area (Å²) in [6, 6.07) is 6.07. The van der Waals surface area contributed by atoms with Gasteiger partial charge in [0, 0.05) is 25.3 Å². The fourth-order valence-corrected chi connectivity index (χ4v) is 3.04. The Bertz CT molecular complexity index is 633. The Hall–Kier alpha value is -1.82. The third-order valence-electron chi connectivity index (χ3n) is 3.88. The third-order valence-corrected chi connectivity index (χ3v) is 4.49. The lowest BCUT2D eigenvalue weighted by atomic mass is 10.1. The molecule has 1 aliphatic heterocycles. The molecule has 2 aromatic rings. The minimum atomic E-state index is 0.613. The van der Waals surface area contributed by atoms with Gasteiger partial charge in [0.05, 0.1) is 12.4 Å². The fraction of sp³-hybridized carbons (Fsp3) is 0.438. The number of aryl methyl sites for hydroxylation is 1. The number of hydrogen-bond donors (Lipinski definition) is 1. The summed E-state index contributed by atoms with van der Waals surface area (Å²) >= 11 is 1.63. The van der Waals surface area contributed by atoms with Gasteiger partial charge in [0.1, 0.15) is 16.7 Å². The van der Waals surface area contributed by atoms with E-state index in [4.69, 9.17) is 0 Å². The van der Waals surface area contributed by atoms with Crippen LogP contribution in [0.15, 0.2) is 35.6 Å². The first-order valence-electron chi connectivity index (χ1n) is 7.53. The molecule has 1 aliphatic rings. The van der Waals surface area contributed by atoms with Crippen molar-refractivity contribution in [1.82, 2.24) is 15.0 Å². The maximum atomic E-state index is 4.63. The van der Waals surface area contributed by atoms with Gasteiger partial charge in [-0.15, -0.1) is 11.8 Å². The smallest absolute Gasteiger partial charge is 0.148 e. The average Bonchev–Trinajstić information content (AvgIpc) is 3.02. The Balaban J connectivity index is 1.55. The molecule has 1 N–H and O–H groups in total. The third kappa shape index (κ3) is 3.68. The molecule has 22 heavy (non-hydrogen) atoms. The first-order valence-corrected chi connectivity index (χ1v) is 8.75. The van der Waals surface area contributed by atoms with Gasteiger partial charge in [-0.2, -0.15) is 0 Å². The van der Waals surface area contributed by atoms with Crippen molar-refractivity contribution in [3.05, 3.63) is 36.3 Å². The Labute approximate surface area is 135 Å². The lowest BCUT2D eigenvalue weighted by molar-refractivity contribution is 0.620. The minimum absolute atomic E-state index is 0.613. The van der Waals surface area contributed by atoms with Gasteiger partial charge in [0.15, 0.2) is 0 Å². The van der Waals surface area contributed by atoms with E-state index < -0.39 is 0 Å². The Morgan fingerprint density at radius 3 is 3.05 bits per heavy atom. The molecule has 0 spiro atoms. The summed E-state index contributed by atoms with van der Waals surface area (Å²) in [4.78, 5) is 15.7. The van der Waals surface area contributed by atoms with E-state index in [0.29, 0.717) is 5.92 Å². The topological polar surface area (TPSA) is 53.9 Å². The van der Waals surface area contributed by atoms with Crippen LogP contribution in [-0.2, 0) is 0 Å². The zero-order valence-electron chi connectivity index (χ0n) is 13.0. The molecule has 0 unspecified atom stereocenters. The highest BCUT2D eigenvalue weighted by atomic mass is 32.2. The predicted octanol–water partition coefficient (Wildman–Crippen LogP) is 2.84. The molecule has 0 bridgehead atoms. The van der Waals surface area contributed by atoms with Crippen molar-refractivity contribution in [2.75, 3.05) is 36.1 Å². The second-order valence-electron chi connectivity index (χ2n) is 5.57. The van der Waals surface area contributed by atoms with Crippen LogP contribution in [0.5, 0.6) is 0 Å². The summed E-state index contributed by atoms with van der Waals surface area (Å²) in [5, 5.41) is 4.42. The SMILES string of the molecule is CSc1cncc(N2CC[C@@H](CNc3cccc(C)n3)C2)n1. The van der Waals surface area contributed by atoms with Crippen molar-refractivity contribution in [2.24, 2.45) is 5.92 Å². The standard InChI is InChI=1S/C16H21N5S/c1-12-4-3-5-14(19-12)18-8-13-6-7-21(11-13)15-9-17-10-16(20-15)22-2/h3-5,9-10,13H,6-8,11H2,1-2H3,(H,18,19)/t13-/m0/s1. The number of pyridine rings is 1. The van der Waals surface area contributed by atoms with E-state index in [-0.39, 0.29) is 0 Å². The molecular weight excluding hydrogens is 294 g/mol. The van der Waals surface area contributed by atoms with E-state index >= 15 is 0 Å². The normalized spacial score (nSPS) is 17.7. The predicted molar refractivity (Wildman–Crippen MR) is 91.6 cm³/mol. The maximum Gasteiger partial charge on any atom is 0.148 e. The van der Waals surface area contributed by atoms with E-state index in [9.17, 15) is 0 Å². The molecule has 0 radical (unpaired) electrons. The van der Waals surface area contributed by atoms with Gasteiger partial charge in [-0.3, -0.25) is 4.98 Å². The first-order chi connectivity index (χ1) is 10.7. The summed E-state index contributed by atoms with van der Waals surface area (Å²) in [5.74, 6) is 2.56. The summed E-state index contributed by atoms with van der Waals surface area (Å²) in [7, 11) is 0. The monoisotopic (exact) mass is 315 g/mol. The highest BCUT2D eigenvalue weighted by molar-refractivity contribution is 7.98. The molecular formula is C16H21N5S. The summed E-state index contributed by atoms with van der Waals surface area (Å²) in [6.07, 6.45) is 6.87. The largest absolute Gasteiger partial charge is 0.370 e. The molecule has 1 saturated heterocycles. The number of nitrogens with one attached hydrogen (secondary N) is 1. The van der Waals surface area contributed by atoms with Crippen LogP contribution in [0.3, 0.4) is 0 Å². The Morgan fingerprint density at radius 1 is 1.32 bits per heavy atom. The van der Waals surface area contributed by atoms with Crippen molar-refractivity contribution in [2.45, 2.75) is 18.4 Å². The van der Waals surface area contributed by atoms with Gasteiger partial charge in [0.2, 0.25) is 0 Å². The van der Waals surface area contributed by atoms with Crippen LogP contribution in [-0.4, -0.2) is 40.8 Å². The van der Waals surface area contributed by atoms with Gasteiger partial charge < -0.3 is 10.2 Å². The van der Waals surface area contributed by atoms with E-state index in [1.165, 1.54) is 6.42 Å². The molecule has 0 aromatic carbocycles. The second kappa shape index (κ2) is 6.96. The maximum absolute atomic E-state index is 4.63. The molecule has 3 rings (SSSR count). The molecule has 3 heterocycles. The number of thioether (sulfide) groups is 1. The van der Waals surface area contributed by atoms with Crippen molar-refractivity contribution >= 4 is 23.4 Å². The molecule has 6 heteroatoms. The number of aromatic nitrogens is 3. The number of anilines is 2. The minimum Gasteiger partial charge on any atom is -0.370 e. The van der Waals surface area contributed by atoms with Crippen LogP contribution in [0.2, 0.25) is 0 Å². The lowest BCUT2D eigenvalue weighted by Gasteiger charge is -2.18. The molecule has 1 atom stereocenters. The zero-order chi connectivity index (χ0) is 15.4. The van der Waals surface area contributed by atoms with Crippen LogP contribution < -0.4 is 10.2 Å². The summed E-state index contributed by atoms with van der Waals surface area (Å²) < 4.78 is 0. The quantitative estimate of drug-likeness (QED) is 0.856. The van der Waals surface area contributed by atoms with Gasteiger partial charge in [-0.1, -0.05) is 6.07 Å². The molecule has 1 fully saturated rings. The van der Waals surface area contributed by atoms with E-state index in [2.05, 4.69) is 25.2 Å². The Morgan fingerprint density at radius 2 is 2.23 bits per heavy atom. The van der Waals surface area contributed by atoms with Crippen molar-refractivity contribution < 1.29 is 0 Å². The molecule has 2 aromatic heterocycles. The average molecular weight is 315 g/mol. The molecule has 0 amide bonds. The van der Waals surface area contributed by atoms with E-state index in [0.717, 1.165) is 42.0 Å². The van der Waals surface area contributed by atoms with Gasteiger partial charge in [-0.25, -0.2) is 9.97 Å².